The third-order valence-electron chi connectivity index (χ3n) is 5.05. The number of nitrogens with zero attached hydrogens (tertiary/aromatic N) is 4. The highest BCUT2D eigenvalue weighted by Crippen LogP contribution is 2.38. The van der Waals surface area contributed by atoms with E-state index in [9.17, 15) is 0 Å². The molecule has 0 fully saturated rings. The van der Waals surface area contributed by atoms with Gasteiger partial charge in [0.05, 0.1) is 11.1 Å². The van der Waals surface area contributed by atoms with Crippen LogP contribution in [0.2, 0.25) is 10.0 Å². The number of hydrogen-bond acceptors (Lipinski definition) is 4. The Balaban J connectivity index is 2.11. The fourth-order valence-electron chi connectivity index (χ4n) is 3.42. The number of aromatic nitrogens is 3. The second kappa shape index (κ2) is 8.10. The van der Waals surface area contributed by atoms with Gasteiger partial charge in [-0.3, -0.25) is 0 Å². The van der Waals surface area contributed by atoms with Crippen molar-refractivity contribution in [3.05, 3.63) is 70.5 Å². The molecule has 0 bridgehead atoms. The summed E-state index contributed by atoms with van der Waals surface area (Å²) in [6.07, 6.45) is 0. The van der Waals surface area contributed by atoms with E-state index in [1.807, 2.05) is 67.5 Å². The lowest BCUT2D eigenvalue weighted by molar-refractivity contribution is 0.547. The molecule has 0 unspecified atom stereocenters. The number of halogens is 2. The molecular weight excluding hydrogens is 427 g/mol. The van der Waals surface area contributed by atoms with E-state index in [-0.39, 0.29) is 5.41 Å². The lowest BCUT2D eigenvalue weighted by atomic mass is 9.95. The van der Waals surface area contributed by atoms with Gasteiger partial charge in [0.25, 0.3) is 0 Å². The minimum Gasteiger partial charge on any atom is -0.362 e. The zero-order valence-corrected chi connectivity index (χ0v) is 19.8. The van der Waals surface area contributed by atoms with E-state index >= 15 is 0 Å². The second-order valence-electron chi connectivity index (χ2n) is 8.76. The van der Waals surface area contributed by atoms with Crippen LogP contribution in [0.25, 0.3) is 33.4 Å². The van der Waals surface area contributed by atoms with Crippen molar-refractivity contribution in [1.29, 1.82) is 0 Å². The number of fused-ring (bicyclic) bond motifs is 1. The predicted molar refractivity (Wildman–Crippen MR) is 131 cm³/mol. The summed E-state index contributed by atoms with van der Waals surface area (Å²) in [5, 5.41) is 2.21. The van der Waals surface area contributed by atoms with Gasteiger partial charge in [0, 0.05) is 40.7 Å². The SMILES string of the molecule is CN(C)c1nc(C(C)(C)C)nc2nc(-c3ccccc3Cl)c(-c3ccc(Cl)cc3)cc12. The van der Waals surface area contributed by atoms with E-state index in [0.29, 0.717) is 15.7 Å². The molecule has 0 radical (unpaired) electrons. The smallest absolute Gasteiger partial charge is 0.165 e. The van der Waals surface area contributed by atoms with Crippen LogP contribution in [0.15, 0.2) is 54.6 Å². The summed E-state index contributed by atoms with van der Waals surface area (Å²) in [6, 6.07) is 17.6. The Hall–Kier alpha value is -2.69. The Kier molecular flexibility index (Phi) is 5.63. The molecule has 4 aromatic rings. The van der Waals surface area contributed by atoms with Gasteiger partial charge in [0.15, 0.2) is 5.65 Å². The highest BCUT2D eigenvalue weighted by atomic mass is 35.5. The third kappa shape index (κ3) is 4.23. The van der Waals surface area contributed by atoms with Crippen LogP contribution in [0, 0.1) is 0 Å². The largest absolute Gasteiger partial charge is 0.362 e. The Labute approximate surface area is 192 Å². The van der Waals surface area contributed by atoms with Gasteiger partial charge < -0.3 is 4.90 Å². The quantitative estimate of drug-likeness (QED) is 0.335. The summed E-state index contributed by atoms with van der Waals surface area (Å²) < 4.78 is 0. The maximum absolute atomic E-state index is 6.58. The van der Waals surface area contributed by atoms with Crippen LogP contribution in [0.5, 0.6) is 0 Å². The number of rotatable bonds is 3. The molecule has 31 heavy (non-hydrogen) atoms. The summed E-state index contributed by atoms with van der Waals surface area (Å²) in [7, 11) is 3.97. The zero-order chi connectivity index (χ0) is 22.3. The summed E-state index contributed by atoms with van der Waals surface area (Å²) >= 11 is 12.7. The molecule has 4 nitrogen and oxygen atoms in total. The molecule has 0 aliphatic rings. The van der Waals surface area contributed by atoms with Gasteiger partial charge in [-0.1, -0.05) is 74.3 Å². The minimum absolute atomic E-state index is 0.208. The summed E-state index contributed by atoms with van der Waals surface area (Å²) in [5.41, 5.74) is 4.03. The predicted octanol–water partition coefficient (Wildman–Crippen LogP) is 7.03. The van der Waals surface area contributed by atoms with Gasteiger partial charge >= 0.3 is 0 Å². The van der Waals surface area contributed by atoms with E-state index < -0.39 is 0 Å². The maximum atomic E-state index is 6.58. The van der Waals surface area contributed by atoms with Crippen LogP contribution in [-0.4, -0.2) is 29.0 Å². The summed E-state index contributed by atoms with van der Waals surface area (Å²) in [4.78, 5) is 16.7. The molecule has 2 aromatic carbocycles. The zero-order valence-electron chi connectivity index (χ0n) is 18.2. The first-order chi connectivity index (χ1) is 14.6. The molecule has 0 saturated carbocycles. The normalized spacial score (nSPS) is 11.7. The number of anilines is 1. The minimum atomic E-state index is -0.208. The van der Waals surface area contributed by atoms with Gasteiger partial charge in [0.1, 0.15) is 11.6 Å². The molecule has 4 rings (SSSR count). The van der Waals surface area contributed by atoms with Crippen LogP contribution in [0.1, 0.15) is 26.6 Å². The van der Waals surface area contributed by atoms with Crippen LogP contribution in [0.4, 0.5) is 5.82 Å². The maximum Gasteiger partial charge on any atom is 0.165 e. The van der Waals surface area contributed by atoms with E-state index in [4.69, 9.17) is 38.2 Å². The molecule has 0 aliphatic carbocycles. The van der Waals surface area contributed by atoms with Crippen LogP contribution >= 0.6 is 23.2 Å². The fraction of sp³-hybridized carbons (Fsp3) is 0.240. The molecule has 0 saturated heterocycles. The first kappa shape index (κ1) is 21.5. The Morgan fingerprint density at radius 2 is 1.48 bits per heavy atom. The van der Waals surface area contributed by atoms with Gasteiger partial charge in [-0.2, -0.15) is 0 Å². The van der Waals surface area contributed by atoms with Gasteiger partial charge in [0.2, 0.25) is 0 Å². The van der Waals surface area contributed by atoms with Crippen LogP contribution in [0.3, 0.4) is 0 Å². The molecule has 6 heteroatoms. The van der Waals surface area contributed by atoms with E-state index in [2.05, 4.69) is 26.8 Å². The number of pyridine rings is 1. The summed E-state index contributed by atoms with van der Waals surface area (Å²) in [5.74, 6) is 1.59. The van der Waals surface area contributed by atoms with Crippen molar-refractivity contribution < 1.29 is 0 Å². The molecule has 0 amide bonds. The molecule has 0 aliphatic heterocycles. The molecule has 0 atom stereocenters. The van der Waals surface area contributed by atoms with Crippen molar-refractivity contribution in [2.24, 2.45) is 0 Å². The summed E-state index contributed by atoms with van der Waals surface area (Å²) in [6.45, 7) is 6.31. The Morgan fingerprint density at radius 1 is 0.806 bits per heavy atom. The second-order valence-corrected chi connectivity index (χ2v) is 9.60. The average molecular weight is 451 g/mol. The van der Waals surface area contributed by atoms with Crippen LogP contribution in [-0.2, 0) is 5.41 Å². The van der Waals surface area contributed by atoms with E-state index in [0.717, 1.165) is 39.4 Å². The molecule has 0 spiro atoms. The highest BCUT2D eigenvalue weighted by Gasteiger charge is 2.23. The number of hydrogen-bond donors (Lipinski definition) is 0. The molecular formula is C25H24Cl2N4. The van der Waals surface area contributed by atoms with Gasteiger partial charge in [-0.25, -0.2) is 15.0 Å². The van der Waals surface area contributed by atoms with Crippen molar-refractivity contribution in [2.45, 2.75) is 26.2 Å². The molecule has 2 heterocycles. The van der Waals surface area contributed by atoms with Crippen molar-refractivity contribution in [3.63, 3.8) is 0 Å². The van der Waals surface area contributed by atoms with Gasteiger partial charge in [-0.05, 0) is 29.8 Å². The fourth-order valence-corrected chi connectivity index (χ4v) is 3.77. The Bertz CT molecular complexity index is 1260. The molecule has 158 valence electrons. The first-order valence-corrected chi connectivity index (χ1v) is 10.8. The third-order valence-corrected chi connectivity index (χ3v) is 5.63. The number of benzene rings is 2. The van der Waals surface area contributed by atoms with Crippen molar-refractivity contribution in [2.75, 3.05) is 19.0 Å². The van der Waals surface area contributed by atoms with E-state index in [1.54, 1.807) is 0 Å². The standard InChI is InChI=1S/C25H24Cl2N4/c1-25(2,3)24-29-22-19(23(30-24)31(4)5)14-18(15-10-12-16(26)13-11-15)21(28-22)17-8-6-7-9-20(17)27/h6-14H,1-5H3. The first-order valence-electron chi connectivity index (χ1n) is 10.1. The topological polar surface area (TPSA) is 41.9 Å². The average Bonchev–Trinajstić information content (AvgIpc) is 2.72. The van der Waals surface area contributed by atoms with Crippen molar-refractivity contribution >= 4 is 40.1 Å². The lowest BCUT2D eigenvalue weighted by Gasteiger charge is -2.22. The molecule has 2 aromatic heterocycles. The van der Waals surface area contributed by atoms with Crippen LogP contribution < -0.4 is 4.90 Å². The van der Waals surface area contributed by atoms with Crippen molar-refractivity contribution in [3.8, 4) is 22.4 Å². The molecule has 0 N–H and O–H groups in total. The lowest BCUT2D eigenvalue weighted by Crippen LogP contribution is -2.20. The highest BCUT2D eigenvalue weighted by molar-refractivity contribution is 6.33. The van der Waals surface area contributed by atoms with Gasteiger partial charge in [-0.15, -0.1) is 0 Å². The van der Waals surface area contributed by atoms with Crippen molar-refractivity contribution in [1.82, 2.24) is 15.0 Å². The van der Waals surface area contributed by atoms with E-state index in [1.165, 1.54) is 0 Å². The Morgan fingerprint density at radius 3 is 2.10 bits per heavy atom. The monoisotopic (exact) mass is 450 g/mol.